The maximum Gasteiger partial charge on any atom is 0.228 e. The summed E-state index contributed by atoms with van der Waals surface area (Å²) in [6.07, 6.45) is 2.80. The van der Waals surface area contributed by atoms with Gasteiger partial charge in [0.1, 0.15) is 18.0 Å². The minimum Gasteiger partial charge on any atom is -0.490 e. The zero-order chi connectivity index (χ0) is 17.7. The number of aryl methyl sites for hydroxylation is 1. The van der Waals surface area contributed by atoms with Crippen molar-refractivity contribution in [2.75, 3.05) is 26.8 Å². The Morgan fingerprint density at radius 1 is 1.24 bits per heavy atom. The number of carbonyl (C=O) groups is 1. The Labute approximate surface area is 148 Å². The molecule has 1 atom stereocenters. The highest BCUT2D eigenvalue weighted by Crippen LogP contribution is 2.27. The Kier molecular flexibility index (Phi) is 5.34. The molecule has 132 valence electrons. The molecule has 1 aromatic carbocycles. The molecule has 1 aromatic heterocycles. The number of rotatable bonds is 6. The van der Waals surface area contributed by atoms with Gasteiger partial charge in [-0.25, -0.2) is 0 Å². The van der Waals surface area contributed by atoms with E-state index in [9.17, 15) is 4.79 Å². The van der Waals surface area contributed by atoms with Crippen LogP contribution in [0.1, 0.15) is 17.7 Å². The van der Waals surface area contributed by atoms with Crippen molar-refractivity contribution in [2.24, 2.45) is 0 Å². The second kappa shape index (κ2) is 7.66. The molecule has 1 aliphatic heterocycles. The third-order valence-electron chi connectivity index (χ3n) is 4.74. The Bertz CT molecular complexity index is 720. The van der Waals surface area contributed by atoms with Crippen LogP contribution in [0.2, 0.25) is 0 Å². The first-order valence-electron chi connectivity index (χ1n) is 8.53. The number of pyridine rings is 1. The second-order valence-electron chi connectivity index (χ2n) is 6.50. The molecule has 1 aliphatic rings. The largest absolute Gasteiger partial charge is 0.490 e. The Morgan fingerprint density at radius 2 is 2.04 bits per heavy atom. The summed E-state index contributed by atoms with van der Waals surface area (Å²) in [5.74, 6) is 0.936. The predicted molar refractivity (Wildman–Crippen MR) is 95.6 cm³/mol. The molecule has 1 saturated heterocycles. The van der Waals surface area contributed by atoms with Gasteiger partial charge in [0.2, 0.25) is 5.91 Å². The van der Waals surface area contributed by atoms with Crippen LogP contribution in [0.3, 0.4) is 0 Å². The maximum atomic E-state index is 12.5. The van der Waals surface area contributed by atoms with E-state index in [2.05, 4.69) is 4.98 Å². The molecular formula is C20H24N2O3. The monoisotopic (exact) mass is 340 g/mol. The lowest BCUT2D eigenvalue weighted by atomic mass is 10.0. The van der Waals surface area contributed by atoms with Crippen LogP contribution < -0.4 is 4.74 Å². The first-order valence-corrected chi connectivity index (χ1v) is 8.53. The van der Waals surface area contributed by atoms with Gasteiger partial charge in [-0.3, -0.25) is 9.78 Å². The molecule has 1 unspecified atom stereocenters. The first-order chi connectivity index (χ1) is 12.1. The maximum absolute atomic E-state index is 12.5. The normalized spacial score (nSPS) is 19.8. The number of ether oxygens (including phenoxy) is 2. The van der Waals surface area contributed by atoms with E-state index in [4.69, 9.17) is 9.47 Å². The molecule has 5 nitrogen and oxygen atoms in total. The van der Waals surface area contributed by atoms with Gasteiger partial charge in [-0.2, -0.15) is 0 Å². The molecule has 0 radical (unpaired) electrons. The van der Waals surface area contributed by atoms with E-state index < -0.39 is 5.60 Å². The summed E-state index contributed by atoms with van der Waals surface area (Å²) in [4.78, 5) is 18.6. The standard InChI is InChI=1S/C20H24N2O3/c1-16-7-3-4-9-18(16)25-15-20(24-2)10-12-22(14-20)19(23)13-17-8-5-6-11-21-17/h3-9,11H,10,12-15H2,1-2H3. The summed E-state index contributed by atoms with van der Waals surface area (Å²) in [5.41, 5.74) is 1.43. The van der Waals surface area contributed by atoms with Crippen molar-refractivity contribution in [2.45, 2.75) is 25.4 Å². The van der Waals surface area contributed by atoms with Crippen molar-refractivity contribution in [3.05, 3.63) is 59.9 Å². The number of aromatic nitrogens is 1. The number of nitrogens with zero attached hydrogens (tertiary/aromatic N) is 2. The molecule has 2 aromatic rings. The Morgan fingerprint density at radius 3 is 2.76 bits per heavy atom. The van der Waals surface area contributed by atoms with Gasteiger partial charge in [-0.15, -0.1) is 0 Å². The summed E-state index contributed by atoms with van der Waals surface area (Å²) in [6, 6.07) is 13.5. The fraction of sp³-hybridized carbons (Fsp3) is 0.400. The van der Waals surface area contributed by atoms with Crippen LogP contribution in [0.15, 0.2) is 48.7 Å². The molecule has 1 amide bonds. The third-order valence-corrected chi connectivity index (χ3v) is 4.74. The summed E-state index contributed by atoms with van der Waals surface area (Å²) in [5, 5.41) is 0. The summed E-state index contributed by atoms with van der Waals surface area (Å²) < 4.78 is 11.7. The highest BCUT2D eigenvalue weighted by atomic mass is 16.5. The number of carbonyl (C=O) groups excluding carboxylic acids is 1. The van der Waals surface area contributed by atoms with E-state index in [1.807, 2.05) is 54.3 Å². The zero-order valence-electron chi connectivity index (χ0n) is 14.8. The van der Waals surface area contributed by atoms with Crippen LogP contribution >= 0.6 is 0 Å². The molecule has 0 bridgehead atoms. The number of para-hydroxylation sites is 1. The fourth-order valence-corrected chi connectivity index (χ4v) is 3.10. The van der Waals surface area contributed by atoms with Crippen LogP contribution in [0, 0.1) is 6.92 Å². The molecule has 0 N–H and O–H groups in total. The minimum atomic E-state index is -0.456. The van der Waals surface area contributed by atoms with E-state index in [-0.39, 0.29) is 5.91 Å². The Balaban J connectivity index is 1.60. The van der Waals surface area contributed by atoms with Gasteiger partial charge in [0.25, 0.3) is 0 Å². The molecule has 0 spiro atoms. The van der Waals surface area contributed by atoms with E-state index in [1.54, 1.807) is 13.3 Å². The van der Waals surface area contributed by atoms with Crippen molar-refractivity contribution in [1.29, 1.82) is 0 Å². The van der Waals surface area contributed by atoms with Gasteiger partial charge in [0.05, 0.1) is 13.0 Å². The molecule has 1 fully saturated rings. The number of benzene rings is 1. The fourth-order valence-electron chi connectivity index (χ4n) is 3.10. The average Bonchev–Trinajstić information content (AvgIpc) is 3.07. The number of likely N-dealkylation sites (tertiary alicyclic amines) is 1. The van der Waals surface area contributed by atoms with E-state index >= 15 is 0 Å². The molecule has 2 heterocycles. The smallest absolute Gasteiger partial charge is 0.228 e. The molecule has 25 heavy (non-hydrogen) atoms. The van der Waals surface area contributed by atoms with Gasteiger partial charge >= 0.3 is 0 Å². The van der Waals surface area contributed by atoms with E-state index in [0.717, 1.165) is 23.4 Å². The molecule has 5 heteroatoms. The predicted octanol–water partition coefficient (Wildman–Crippen LogP) is 2.63. The van der Waals surface area contributed by atoms with Gasteiger partial charge in [-0.05, 0) is 37.1 Å². The number of amides is 1. The first kappa shape index (κ1) is 17.4. The van der Waals surface area contributed by atoms with Crippen LogP contribution in [-0.2, 0) is 16.0 Å². The van der Waals surface area contributed by atoms with Gasteiger partial charge in [-0.1, -0.05) is 24.3 Å². The highest BCUT2D eigenvalue weighted by molar-refractivity contribution is 5.78. The van der Waals surface area contributed by atoms with Crippen molar-refractivity contribution in [3.8, 4) is 5.75 Å². The Hall–Kier alpha value is -2.40. The lowest BCUT2D eigenvalue weighted by Gasteiger charge is -2.28. The van der Waals surface area contributed by atoms with Crippen molar-refractivity contribution in [3.63, 3.8) is 0 Å². The lowest BCUT2D eigenvalue weighted by molar-refractivity contribution is -0.131. The third kappa shape index (κ3) is 4.17. The van der Waals surface area contributed by atoms with E-state index in [0.29, 0.717) is 26.1 Å². The van der Waals surface area contributed by atoms with E-state index in [1.165, 1.54) is 0 Å². The minimum absolute atomic E-state index is 0.0773. The molecule has 0 saturated carbocycles. The lowest BCUT2D eigenvalue weighted by Crippen LogP contribution is -2.42. The molecular weight excluding hydrogens is 316 g/mol. The van der Waals surface area contributed by atoms with Crippen LogP contribution in [0.5, 0.6) is 5.75 Å². The quantitative estimate of drug-likeness (QED) is 0.811. The SMILES string of the molecule is COC1(COc2ccccc2C)CCN(C(=O)Cc2ccccn2)C1. The topological polar surface area (TPSA) is 51.7 Å². The number of hydrogen-bond acceptors (Lipinski definition) is 4. The summed E-state index contributed by atoms with van der Waals surface area (Å²) in [6.45, 7) is 3.67. The average molecular weight is 340 g/mol. The highest BCUT2D eigenvalue weighted by Gasteiger charge is 2.41. The van der Waals surface area contributed by atoms with Crippen molar-refractivity contribution >= 4 is 5.91 Å². The van der Waals surface area contributed by atoms with Crippen LogP contribution in [0.25, 0.3) is 0 Å². The number of methoxy groups -OCH3 is 1. The summed E-state index contributed by atoms with van der Waals surface area (Å²) >= 11 is 0. The zero-order valence-corrected chi connectivity index (χ0v) is 14.8. The van der Waals surface area contributed by atoms with Crippen LogP contribution in [-0.4, -0.2) is 48.2 Å². The second-order valence-corrected chi connectivity index (χ2v) is 6.50. The van der Waals surface area contributed by atoms with Gasteiger partial charge in [0.15, 0.2) is 0 Å². The van der Waals surface area contributed by atoms with Crippen molar-refractivity contribution < 1.29 is 14.3 Å². The number of hydrogen-bond donors (Lipinski definition) is 0. The van der Waals surface area contributed by atoms with Crippen LogP contribution in [0.4, 0.5) is 0 Å². The molecule has 3 rings (SSSR count). The molecule has 0 aliphatic carbocycles. The van der Waals surface area contributed by atoms with Gasteiger partial charge in [0, 0.05) is 25.5 Å². The summed E-state index contributed by atoms with van der Waals surface area (Å²) in [7, 11) is 1.69. The van der Waals surface area contributed by atoms with Gasteiger partial charge < -0.3 is 14.4 Å². The van der Waals surface area contributed by atoms with Crippen molar-refractivity contribution in [1.82, 2.24) is 9.88 Å².